The topological polar surface area (TPSA) is 75.0 Å². The third kappa shape index (κ3) is 3.66. The Labute approximate surface area is 168 Å². The maximum absolute atomic E-state index is 12.8. The minimum atomic E-state index is 0.174. The number of hydrogen-bond donors (Lipinski definition) is 1. The molecule has 0 spiro atoms. The highest BCUT2D eigenvalue weighted by molar-refractivity contribution is 5.89. The second-order valence-electron chi connectivity index (χ2n) is 7.60. The largest absolute Gasteiger partial charge is 0.421 e. The molecule has 146 valence electrons. The first-order chi connectivity index (χ1) is 14.3. The number of benzene rings is 2. The number of para-hydroxylation sites is 1. The van der Waals surface area contributed by atoms with Crippen LogP contribution in [0.15, 0.2) is 65.2 Å². The first kappa shape index (κ1) is 17.7. The Morgan fingerprint density at radius 3 is 2.83 bits per heavy atom. The Bertz CT molecular complexity index is 1130. The third-order valence-electron chi connectivity index (χ3n) is 5.61. The minimum Gasteiger partial charge on any atom is -0.421 e. The second-order valence-corrected chi connectivity index (χ2v) is 7.60. The molecule has 0 saturated carbocycles. The zero-order valence-electron chi connectivity index (χ0n) is 16.0. The zero-order valence-corrected chi connectivity index (χ0v) is 16.0. The highest BCUT2D eigenvalue weighted by atomic mass is 16.4. The van der Waals surface area contributed by atoms with Crippen molar-refractivity contribution in [1.82, 2.24) is 20.1 Å². The van der Waals surface area contributed by atoms with Gasteiger partial charge in [0.25, 0.3) is 0 Å². The Morgan fingerprint density at radius 2 is 1.93 bits per heavy atom. The van der Waals surface area contributed by atoms with Crippen LogP contribution in [0.25, 0.3) is 22.4 Å². The van der Waals surface area contributed by atoms with E-state index in [4.69, 9.17) is 4.42 Å². The summed E-state index contributed by atoms with van der Waals surface area (Å²) >= 11 is 0. The van der Waals surface area contributed by atoms with Crippen LogP contribution in [0.1, 0.15) is 17.9 Å². The van der Waals surface area contributed by atoms with Gasteiger partial charge >= 0.3 is 0 Å². The fourth-order valence-electron chi connectivity index (χ4n) is 4.06. The molecule has 4 aromatic rings. The molecule has 1 amide bonds. The summed E-state index contributed by atoms with van der Waals surface area (Å²) in [7, 11) is 0. The molecule has 1 atom stereocenters. The predicted octanol–water partition coefficient (Wildman–Crippen LogP) is 3.85. The van der Waals surface area contributed by atoms with E-state index in [2.05, 4.69) is 21.2 Å². The number of fused-ring (bicyclic) bond motifs is 1. The van der Waals surface area contributed by atoms with Crippen molar-refractivity contribution in [2.75, 3.05) is 13.1 Å². The van der Waals surface area contributed by atoms with Gasteiger partial charge in [-0.1, -0.05) is 36.4 Å². The predicted molar refractivity (Wildman–Crippen MR) is 110 cm³/mol. The van der Waals surface area contributed by atoms with Crippen LogP contribution in [0.3, 0.4) is 0 Å². The number of aromatic nitrogens is 3. The van der Waals surface area contributed by atoms with Gasteiger partial charge in [-0.05, 0) is 36.1 Å². The molecule has 2 aromatic carbocycles. The van der Waals surface area contributed by atoms with Crippen LogP contribution in [-0.2, 0) is 17.6 Å². The summed E-state index contributed by atoms with van der Waals surface area (Å²) in [6.45, 7) is 1.52. The Hall–Kier alpha value is -3.41. The summed E-state index contributed by atoms with van der Waals surface area (Å²) in [5.74, 6) is 1.71. The zero-order chi connectivity index (χ0) is 19.6. The second kappa shape index (κ2) is 7.54. The summed E-state index contributed by atoms with van der Waals surface area (Å²) < 4.78 is 5.83. The number of carbonyl (C=O) groups is 1. The average molecular weight is 386 g/mol. The van der Waals surface area contributed by atoms with Crippen LogP contribution in [0, 0.1) is 5.92 Å². The van der Waals surface area contributed by atoms with Crippen LogP contribution in [0.5, 0.6) is 0 Å². The third-order valence-corrected chi connectivity index (χ3v) is 5.61. The van der Waals surface area contributed by atoms with E-state index >= 15 is 0 Å². The van der Waals surface area contributed by atoms with Gasteiger partial charge in [0.15, 0.2) is 0 Å². The van der Waals surface area contributed by atoms with Crippen molar-refractivity contribution in [3.63, 3.8) is 0 Å². The molecule has 0 bridgehead atoms. The van der Waals surface area contributed by atoms with Gasteiger partial charge in [0.1, 0.15) is 0 Å². The average Bonchev–Trinajstić information content (AvgIpc) is 3.50. The van der Waals surface area contributed by atoms with Gasteiger partial charge < -0.3 is 14.3 Å². The van der Waals surface area contributed by atoms with Gasteiger partial charge in [-0.25, -0.2) is 0 Å². The minimum absolute atomic E-state index is 0.174. The van der Waals surface area contributed by atoms with Crippen LogP contribution < -0.4 is 0 Å². The first-order valence-electron chi connectivity index (χ1n) is 9.97. The molecule has 29 heavy (non-hydrogen) atoms. The maximum Gasteiger partial charge on any atom is 0.247 e. The molecule has 6 heteroatoms. The Balaban J connectivity index is 1.20. The number of aromatic amines is 1. The lowest BCUT2D eigenvalue weighted by molar-refractivity contribution is -0.129. The SMILES string of the molecule is O=C(Cc1c[nH]c2ccccc12)N1CCC(Cc2nnc(-c3ccccc3)o2)C1. The molecule has 1 saturated heterocycles. The van der Waals surface area contributed by atoms with E-state index in [0.29, 0.717) is 30.5 Å². The van der Waals surface area contributed by atoms with E-state index < -0.39 is 0 Å². The van der Waals surface area contributed by atoms with Crippen molar-refractivity contribution < 1.29 is 9.21 Å². The summed E-state index contributed by atoms with van der Waals surface area (Å²) in [6.07, 6.45) is 4.04. The number of likely N-dealkylation sites (tertiary alicyclic amines) is 1. The van der Waals surface area contributed by atoms with Gasteiger partial charge in [-0.15, -0.1) is 10.2 Å². The first-order valence-corrected chi connectivity index (χ1v) is 9.97. The summed E-state index contributed by atoms with van der Waals surface area (Å²) in [5.41, 5.74) is 3.05. The van der Waals surface area contributed by atoms with Gasteiger partial charge in [0.05, 0.1) is 6.42 Å². The van der Waals surface area contributed by atoms with Gasteiger partial charge in [0.2, 0.25) is 17.7 Å². The normalized spacial score (nSPS) is 16.6. The van der Waals surface area contributed by atoms with E-state index in [1.54, 1.807) is 0 Å². The Kier molecular flexibility index (Phi) is 4.60. The number of nitrogens with one attached hydrogen (secondary N) is 1. The number of rotatable bonds is 5. The van der Waals surface area contributed by atoms with E-state index in [9.17, 15) is 4.79 Å². The van der Waals surface area contributed by atoms with Gasteiger partial charge in [0, 0.05) is 42.2 Å². The molecule has 5 rings (SSSR count). The highest BCUT2D eigenvalue weighted by Crippen LogP contribution is 2.25. The standard InChI is InChI=1S/C23H22N4O2/c28-22(13-18-14-24-20-9-5-4-8-19(18)20)27-11-10-16(15-27)12-21-25-26-23(29-21)17-6-2-1-3-7-17/h1-9,14,16,24H,10-13,15H2. The molecule has 2 aromatic heterocycles. The molecule has 0 aliphatic carbocycles. The van der Waals surface area contributed by atoms with Crippen molar-refractivity contribution in [3.8, 4) is 11.5 Å². The molecule has 1 N–H and O–H groups in total. The molecule has 6 nitrogen and oxygen atoms in total. The van der Waals surface area contributed by atoms with Crippen LogP contribution in [0.4, 0.5) is 0 Å². The van der Waals surface area contributed by atoms with Crippen LogP contribution >= 0.6 is 0 Å². The lowest BCUT2D eigenvalue weighted by Gasteiger charge is -2.16. The van der Waals surface area contributed by atoms with E-state index in [-0.39, 0.29) is 5.91 Å². The van der Waals surface area contributed by atoms with E-state index in [1.165, 1.54) is 0 Å². The molecular formula is C23H22N4O2. The van der Waals surface area contributed by atoms with E-state index in [0.717, 1.165) is 41.5 Å². The molecular weight excluding hydrogens is 364 g/mol. The fourth-order valence-corrected chi connectivity index (χ4v) is 4.06. The van der Waals surface area contributed by atoms with Crippen molar-refractivity contribution >= 4 is 16.8 Å². The summed E-state index contributed by atoms with van der Waals surface area (Å²) in [6, 6.07) is 17.9. The lowest BCUT2D eigenvalue weighted by atomic mass is 10.1. The van der Waals surface area contributed by atoms with Crippen molar-refractivity contribution in [1.29, 1.82) is 0 Å². The molecule has 1 aliphatic heterocycles. The van der Waals surface area contributed by atoms with Crippen molar-refractivity contribution in [3.05, 3.63) is 72.2 Å². The maximum atomic E-state index is 12.8. The Morgan fingerprint density at radius 1 is 1.10 bits per heavy atom. The number of amides is 1. The fraction of sp³-hybridized carbons (Fsp3) is 0.261. The lowest BCUT2D eigenvalue weighted by Crippen LogP contribution is -2.30. The molecule has 1 fully saturated rings. The van der Waals surface area contributed by atoms with Gasteiger partial charge in [-0.2, -0.15) is 0 Å². The van der Waals surface area contributed by atoms with Gasteiger partial charge in [-0.3, -0.25) is 4.79 Å². The monoisotopic (exact) mass is 386 g/mol. The van der Waals surface area contributed by atoms with E-state index in [1.807, 2.05) is 59.6 Å². The van der Waals surface area contributed by atoms with Crippen LogP contribution in [-0.4, -0.2) is 39.1 Å². The number of carbonyl (C=O) groups excluding carboxylic acids is 1. The highest BCUT2D eigenvalue weighted by Gasteiger charge is 2.28. The summed E-state index contributed by atoms with van der Waals surface area (Å²) in [5, 5.41) is 9.48. The number of H-pyrrole nitrogens is 1. The van der Waals surface area contributed by atoms with Crippen molar-refractivity contribution in [2.24, 2.45) is 5.92 Å². The number of hydrogen-bond acceptors (Lipinski definition) is 4. The number of nitrogens with zero attached hydrogens (tertiary/aromatic N) is 3. The smallest absolute Gasteiger partial charge is 0.247 e. The summed E-state index contributed by atoms with van der Waals surface area (Å²) in [4.78, 5) is 18.0. The quantitative estimate of drug-likeness (QED) is 0.565. The van der Waals surface area contributed by atoms with Crippen LogP contribution in [0.2, 0.25) is 0 Å². The molecule has 1 aliphatic rings. The molecule has 1 unspecified atom stereocenters. The van der Waals surface area contributed by atoms with Crippen molar-refractivity contribution in [2.45, 2.75) is 19.3 Å². The molecule has 3 heterocycles. The molecule has 0 radical (unpaired) electrons.